The van der Waals surface area contributed by atoms with Gasteiger partial charge in [0.05, 0.1) is 0 Å². The van der Waals surface area contributed by atoms with E-state index in [1.807, 2.05) is 6.08 Å². The van der Waals surface area contributed by atoms with Gasteiger partial charge >= 0.3 is 0 Å². The van der Waals surface area contributed by atoms with E-state index in [0.29, 0.717) is 23.7 Å². The highest BCUT2D eigenvalue weighted by Crippen LogP contribution is 2.48. The van der Waals surface area contributed by atoms with E-state index in [2.05, 4.69) is 62.3 Å². The Bertz CT molecular complexity index is 410. The van der Waals surface area contributed by atoms with Crippen molar-refractivity contribution in [3.63, 3.8) is 0 Å². The number of allylic oxidation sites excluding steroid dienone is 2. The van der Waals surface area contributed by atoms with E-state index in [1.165, 1.54) is 12.0 Å². The largest absolute Gasteiger partial charge is 0.243 e. The summed E-state index contributed by atoms with van der Waals surface area (Å²) < 4.78 is 15.0. The van der Waals surface area contributed by atoms with E-state index >= 15 is 4.39 Å². The van der Waals surface area contributed by atoms with Crippen LogP contribution in [0.1, 0.15) is 88.0 Å². The van der Waals surface area contributed by atoms with E-state index in [4.69, 9.17) is 0 Å². The highest BCUT2D eigenvalue weighted by molar-refractivity contribution is 5.20. The minimum absolute atomic E-state index is 0.203. The number of halogens is 1. The standard InChI is InChI=1S/C24H45F/c1-10-19-14-23(25)24(22(19)13-4)21(12-3)18(9)17(8)20(11-2)16(7)15(5)6/h14-18,20-24H,10-13H2,1-9H3. The maximum absolute atomic E-state index is 15.0. The number of hydrogen-bond donors (Lipinski definition) is 0. The van der Waals surface area contributed by atoms with Crippen molar-refractivity contribution in [1.82, 2.24) is 0 Å². The van der Waals surface area contributed by atoms with Crippen molar-refractivity contribution in [2.45, 2.75) is 94.2 Å². The van der Waals surface area contributed by atoms with Crippen molar-refractivity contribution in [3.8, 4) is 0 Å². The molecule has 148 valence electrons. The van der Waals surface area contributed by atoms with Gasteiger partial charge in [-0.15, -0.1) is 0 Å². The predicted octanol–water partition coefficient (Wildman–Crippen LogP) is 7.93. The van der Waals surface area contributed by atoms with Gasteiger partial charge in [0, 0.05) is 5.92 Å². The van der Waals surface area contributed by atoms with Gasteiger partial charge in [-0.3, -0.25) is 0 Å². The van der Waals surface area contributed by atoms with Crippen molar-refractivity contribution >= 4 is 0 Å². The molecule has 0 aromatic carbocycles. The Morgan fingerprint density at radius 3 is 1.88 bits per heavy atom. The first-order valence-corrected chi connectivity index (χ1v) is 11.1. The van der Waals surface area contributed by atoms with Gasteiger partial charge in [0.2, 0.25) is 0 Å². The average Bonchev–Trinajstić information content (AvgIpc) is 2.91. The number of hydrogen-bond acceptors (Lipinski definition) is 0. The summed E-state index contributed by atoms with van der Waals surface area (Å²) in [6, 6.07) is 0. The Balaban J connectivity index is 3.01. The van der Waals surface area contributed by atoms with Crippen LogP contribution in [0, 0.1) is 47.3 Å². The Hall–Kier alpha value is -0.330. The van der Waals surface area contributed by atoms with Crippen molar-refractivity contribution in [1.29, 1.82) is 0 Å². The van der Waals surface area contributed by atoms with Crippen LogP contribution in [0.3, 0.4) is 0 Å². The minimum atomic E-state index is -0.734. The molecule has 1 rings (SSSR count). The van der Waals surface area contributed by atoms with Crippen LogP contribution in [0.25, 0.3) is 0 Å². The Kier molecular flexibility index (Phi) is 9.19. The molecule has 0 amide bonds. The molecule has 0 saturated carbocycles. The zero-order valence-electron chi connectivity index (χ0n) is 18.5. The normalized spacial score (nSPS) is 30.0. The van der Waals surface area contributed by atoms with Crippen molar-refractivity contribution in [3.05, 3.63) is 11.6 Å². The van der Waals surface area contributed by atoms with Crippen molar-refractivity contribution < 1.29 is 4.39 Å². The molecule has 0 N–H and O–H groups in total. The van der Waals surface area contributed by atoms with Gasteiger partial charge in [-0.1, -0.05) is 86.8 Å². The fourth-order valence-electron chi connectivity index (χ4n) is 5.85. The van der Waals surface area contributed by atoms with Crippen LogP contribution >= 0.6 is 0 Å². The van der Waals surface area contributed by atoms with E-state index in [-0.39, 0.29) is 5.92 Å². The molecule has 0 heterocycles. The lowest BCUT2D eigenvalue weighted by molar-refractivity contribution is 0.0587. The lowest BCUT2D eigenvalue weighted by atomic mass is 9.64. The quantitative estimate of drug-likeness (QED) is 0.350. The summed E-state index contributed by atoms with van der Waals surface area (Å²) in [4.78, 5) is 0. The summed E-state index contributed by atoms with van der Waals surface area (Å²) in [5.74, 6) is 4.58. The zero-order chi connectivity index (χ0) is 19.3. The number of alkyl halides is 1. The molecule has 8 unspecified atom stereocenters. The van der Waals surface area contributed by atoms with E-state index < -0.39 is 6.17 Å². The molecule has 0 nitrogen and oxygen atoms in total. The maximum atomic E-state index is 15.0. The zero-order valence-corrected chi connectivity index (χ0v) is 18.5. The monoisotopic (exact) mass is 352 g/mol. The Labute approximate surface area is 158 Å². The predicted molar refractivity (Wildman–Crippen MR) is 110 cm³/mol. The first kappa shape index (κ1) is 22.7. The summed E-state index contributed by atoms with van der Waals surface area (Å²) >= 11 is 0. The highest BCUT2D eigenvalue weighted by atomic mass is 19.1. The minimum Gasteiger partial charge on any atom is -0.243 e. The third kappa shape index (κ3) is 4.89. The van der Waals surface area contributed by atoms with E-state index in [1.54, 1.807) is 0 Å². The van der Waals surface area contributed by atoms with Gasteiger partial charge in [-0.25, -0.2) is 4.39 Å². The third-order valence-electron chi connectivity index (χ3n) is 7.87. The molecule has 1 aliphatic rings. The first-order chi connectivity index (χ1) is 11.7. The molecule has 0 fully saturated rings. The molecule has 0 spiro atoms. The fourth-order valence-corrected chi connectivity index (χ4v) is 5.85. The molecule has 0 radical (unpaired) electrons. The van der Waals surface area contributed by atoms with Crippen LogP contribution in [-0.4, -0.2) is 6.17 Å². The lowest BCUT2D eigenvalue weighted by Gasteiger charge is -2.41. The van der Waals surface area contributed by atoms with Gasteiger partial charge < -0.3 is 0 Å². The van der Waals surface area contributed by atoms with Gasteiger partial charge in [0.25, 0.3) is 0 Å². The average molecular weight is 353 g/mol. The molecule has 0 aromatic rings. The Morgan fingerprint density at radius 1 is 0.880 bits per heavy atom. The van der Waals surface area contributed by atoms with E-state index in [9.17, 15) is 0 Å². The second-order valence-electron chi connectivity index (χ2n) is 9.10. The summed E-state index contributed by atoms with van der Waals surface area (Å²) in [6.07, 6.45) is 5.67. The molecule has 8 atom stereocenters. The van der Waals surface area contributed by atoms with Gasteiger partial charge in [0.15, 0.2) is 0 Å². The molecule has 0 bridgehead atoms. The maximum Gasteiger partial charge on any atom is 0.122 e. The molecular formula is C24H45F. The SMILES string of the molecule is CCC1=CC(F)C(C(CC)C(C)C(C)C(CC)C(C)C(C)C)C1CC. The highest BCUT2D eigenvalue weighted by Gasteiger charge is 2.43. The summed E-state index contributed by atoms with van der Waals surface area (Å²) in [7, 11) is 0. The molecule has 1 aliphatic carbocycles. The summed E-state index contributed by atoms with van der Waals surface area (Å²) in [5.41, 5.74) is 1.38. The molecule has 0 aliphatic heterocycles. The van der Waals surface area contributed by atoms with Crippen LogP contribution in [0.15, 0.2) is 11.6 Å². The summed E-state index contributed by atoms with van der Waals surface area (Å²) in [5, 5.41) is 0. The van der Waals surface area contributed by atoms with Crippen LogP contribution in [0.2, 0.25) is 0 Å². The smallest absolute Gasteiger partial charge is 0.122 e. The molecule has 0 aromatic heterocycles. The van der Waals surface area contributed by atoms with Gasteiger partial charge in [0.1, 0.15) is 6.17 Å². The van der Waals surface area contributed by atoms with Crippen molar-refractivity contribution in [2.24, 2.45) is 47.3 Å². The van der Waals surface area contributed by atoms with Crippen LogP contribution in [-0.2, 0) is 0 Å². The molecule has 1 heteroatoms. The summed E-state index contributed by atoms with van der Waals surface area (Å²) in [6.45, 7) is 21.0. The number of rotatable bonds is 10. The van der Waals surface area contributed by atoms with Crippen molar-refractivity contribution in [2.75, 3.05) is 0 Å². The van der Waals surface area contributed by atoms with Crippen LogP contribution < -0.4 is 0 Å². The lowest BCUT2D eigenvalue weighted by Crippen LogP contribution is -2.37. The second kappa shape index (κ2) is 10.1. The third-order valence-corrected chi connectivity index (χ3v) is 7.87. The topological polar surface area (TPSA) is 0 Å². The van der Waals surface area contributed by atoms with Gasteiger partial charge in [-0.05, 0) is 54.3 Å². The molecule has 0 saturated heterocycles. The molecular weight excluding hydrogens is 307 g/mol. The van der Waals surface area contributed by atoms with Gasteiger partial charge in [-0.2, -0.15) is 0 Å². The van der Waals surface area contributed by atoms with Crippen LogP contribution in [0.4, 0.5) is 4.39 Å². The fraction of sp³-hybridized carbons (Fsp3) is 0.917. The van der Waals surface area contributed by atoms with E-state index in [0.717, 1.165) is 37.0 Å². The Morgan fingerprint density at radius 2 is 1.48 bits per heavy atom. The van der Waals surface area contributed by atoms with Crippen LogP contribution in [0.5, 0.6) is 0 Å². The second-order valence-corrected chi connectivity index (χ2v) is 9.10. The first-order valence-electron chi connectivity index (χ1n) is 11.1. The molecule has 25 heavy (non-hydrogen) atoms.